The summed E-state index contributed by atoms with van der Waals surface area (Å²) in [5.74, 6) is 2.56. The van der Waals surface area contributed by atoms with Gasteiger partial charge in [0.15, 0.2) is 11.5 Å². The summed E-state index contributed by atoms with van der Waals surface area (Å²) in [7, 11) is 1.62. The van der Waals surface area contributed by atoms with Crippen molar-refractivity contribution >= 4 is 5.69 Å². The lowest BCUT2D eigenvalue weighted by molar-refractivity contribution is 0.281. The SMILES string of the molecule is C=CCc1cc(CNc2ccc(Oc3ccccc3)cc2)cc(OC)c1OCc1cccc(F)c1. The zero-order valence-corrected chi connectivity index (χ0v) is 19.7. The van der Waals surface area contributed by atoms with Crippen LogP contribution in [-0.4, -0.2) is 7.11 Å². The average Bonchev–Trinajstić information content (AvgIpc) is 2.88. The van der Waals surface area contributed by atoms with Crippen LogP contribution in [-0.2, 0) is 19.6 Å². The van der Waals surface area contributed by atoms with Gasteiger partial charge in [0.05, 0.1) is 7.11 Å². The number of benzene rings is 4. The predicted octanol–water partition coefficient (Wildman–Crippen LogP) is 7.55. The van der Waals surface area contributed by atoms with Crippen molar-refractivity contribution in [1.82, 2.24) is 0 Å². The van der Waals surface area contributed by atoms with E-state index in [1.165, 1.54) is 12.1 Å². The van der Waals surface area contributed by atoms with Gasteiger partial charge in [-0.2, -0.15) is 0 Å². The van der Waals surface area contributed by atoms with Crippen molar-refractivity contribution < 1.29 is 18.6 Å². The third-order valence-electron chi connectivity index (χ3n) is 5.38. The van der Waals surface area contributed by atoms with E-state index >= 15 is 0 Å². The summed E-state index contributed by atoms with van der Waals surface area (Å²) in [6.07, 6.45) is 2.45. The molecule has 4 aromatic carbocycles. The van der Waals surface area contributed by atoms with Gasteiger partial charge in [0.1, 0.15) is 23.9 Å². The number of methoxy groups -OCH3 is 1. The van der Waals surface area contributed by atoms with Gasteiger partial charge in [-0.1, -0.05) is 36.4 Å². The Morgan fingerprint density at radius 1 is 0.857 bits per heavy atom. The first-order valence-electron chi connectivity index (χ1n) is 11.4. The van der Waals surface area contributed by atoms with Crippen LogP contribution in [0.5, 0.6) is 23.0 Å². The van der Waals surface area contributed by atoms with Crippen LogP contribution < -0.4 is 19.5 Å². The molecule has 0 heterocycles. The predicted molar refractivity (Wildman–Crippen MR) is 138 cm³/mol. The Morgan fingerprint density at radius 2 is 1.63 bits per heavy atom. The molecule has 0 radical (unpaired) electrons. The highest BCUT2D eigenvalue weighted by Gasteiger charge is 2.13. The molecule has 4 aromatic rings. The Labute approximate surface area is 205 Å². The molecule has 0 amide bonds. The average molecular weight is 470 g/mol. The van der Waals surface area contributed by atoms with E-state index in [0.717, 1.165) is 33.9 Å². The minimum Gasteiger partial charge on any atom is -0.493 e. The van der Waals surface area contributed by atoms with Gasteiger partial charge in [0, 0.05) is 17.8 Å². The second-order valence-corrected chi connectivity index (χ2v) is 7.99. The van der Waals surface area contributed by atoms with Crippen molar-refractivity contribution in [3.63, 3.8) is 0 Å². The van der Waals surface area contributed by atoms with E-state index < -0.39 is 0 Å². The third kappa shape index (κ3) is 6.64. The largest absolute Gasteiger partial charge is 0.493 e. The number of halogens is 1. The summed E-state index contributed by atoms with van der Waals surface area (Å²) in [6.45, 7) is 4.71. The highest BCUT2D eigenvalue weighted by atomic mass is 19.1. The Morgan fingerprint density at radius 3 is 2.34 bits per heavy atom. The molecule has 4 nitrogen and oxygen atoms in total. The maximum atomic E-state index is 13.5. The molecule has 0 saturated carbocycles. The first kappa shape index (κ1) is 23.9. The zero-order valence-electron chi connectivity index (χ0n) is 19.7. The van der Waals surface area contributed by atoms with Crippen molar-refractivity contribution in [3.05, 3.63) is 126 Å². The Bertz CT molecular complexity index is 1260. The van der Waals surface area contributed by atoms with Crippen molar-refractivity contribution in [1.29, 1.82) is 0 Å². The molecule has 1 N–H and O–H groups in total. The van der Waals surface area contributed by atoms with E-state index in [4.69, 9.17) is 14.2 Å². The van der Waals surface area contributed by atoms with Crippen LogP contribution in [0.1, 0.15) is 16.7 Å². The van der Waals surface area contributed by atoms with Crippen LogP contribution in [0.2, 0.25) is 0 Å². The summed E-state index contributed by atoms with van der Waals surface area (Å²) in [5.41, 5.74) is 3.73. The van der Waals surface area contributed by atoms with Gasteiger partial charge < -0.3 is 19.5 Å². The van der Waals surface area contributed by atoms with Crippen molar-refractivity contribution in [3.8, 4) is 23.0 Å². The van der Waals surface area contributed by atoms with E-state index in [0.29, 0.717) is 24.5 Å². The summed E-state index contributed by atoms with van der Waals surface area (Å²) in [5, 5.41) is 3.44. The van der Waals surface area contributed by atoms with Gasteiger partial charge in [-0.3, -0.25) is 0 Å². The smallest absolute Gasteiger partial charge is 0.165 e. The number of anilines is 1. The molecule has 178 valence electrons. The van der Waals surface area contributed by atoms with Crippen LogP contribution in [0.15, 0.2) is 104 Å². The molecular formula is C30H28FNO3. The molecule has 4 rings (SSSR count). The number of hydrogen-bond acceptors (Lipinski definition) is 4. The molecule has 0 aromatic heterocycles. The van der Waals surface area contributed by atoms with Gasteiger partial charge in [-0.05, 0) is 78.2 Å². The Hall–Kier alpha value is -4.25. The lowest BCUT2D eigenvalue weighted by atomic mass is 10.1. The van der Waals surface area contributed by atoms with Gasteiger partial charge in [0.2, 0.25) is 0 Å². The number of para-hydroxylation sites is 1. The number of hydrogen-bond donors (Lipinski definition) is 1. The minimum absolute atomic E-state index is 0.243. The van der Waals surface area contributed by atoms with Crippen molar-refractivity contribution in [2.24, 2.45) is 0 Å². The van der Waals surface area contributed by atoms with Crippen LogP contribution >= 0.6 is 0 Å². The molecular weight excluding hydrogens is 441 g/mol. The lowest BCUT2D eigenvalue weighted by Gasteiger charge is -2.17. The van der Waals surface area contributed by atoms with Crippen LogP contribution in [0.4, 0.5) is 10.1 Å². The molecule has 0 aliphatic heterocycles. The van der Waals surface area contributed by atoms with Gasteiger partial charge in [-0.25, -0.2) is 4.39 Å². The standard InChI is InChI=1S/C30H28FNO3/c1-3-8-24-17-23(19-29(33-2)30(24)34-21-22-9-7-10-25(31)18-22)20-32-26-13-15-28(16-14-26)35-27-11-5-4-6-12-27/h3-7,9-19,32H,1,8,20-21H2,2H3. The molecule has 0 aliphatic rings. The monoisotopic (exact) mass is 469 g/mol. The maximum Gasteiger partial charge on any atom is 0.165 e. The Kier molecular flexibility index (Phi) is 8.02. The first-order valence-corrected chi connectivity index (χ1v) is 11.4. The van der Waals surface area contributed by atoms with Gasteiger partial charge >= 0.3 is 0 Å². The molecule has 0 fully saturated rings. The van der Waals surface area contributed by atoms with Crippen molar-refractivity contribution in [2.75, 3.05) is 12.4 Å². The second-order valence-electron chi connectivity index (χ2n) is 7.99. The summed E-state index contributed by atoms with van der Waals surface area (Å²) in [6, 6.07) is 27.9. The Balaban J connectivity index is 1.44. The lowest BCUT2D eigenvalue weighted by Crippen LogP contribution is -2.05. The fourth-order valence-electron chi connectivity index (χ4n) is 3.70. The van der Waals surface area contributed by atoms with E-state index in [1.54, 1.807) is 13.2 Å². The summed E-state index contributed by atoms with van der Waals surface area (Å²) >= 11 is 0. The van der Waals surface area contributed by atoms with E-state index in [9.17, 15) is 4.39 Å². The number of ether oxygens (including phenoxy) is 3. The highest BCUT2D eigenvalue weighted by molar-refractivity contribution is 5.52. The van der Waals surface area contributed by atoms with Crippen LogP contribution in [0, 0.1) is 5.82 Å². The topological polar surface area (TPSA) is 39.7 Å². The highest BCUT2D eigenvalue weighted by Crippen LogP contribution is 2.34. The fourth-order valence-corrected chi connectivity index (χ4v) is 3.70. The molecule has 0 unspecified atom stereocenters. The van der Waals surface area contributed by atoms with E-state index in [1.807, 2.05) is 72.8 Å². The number of rotatable bonds is 11. The number of nitrogens with one attached hydrogen (secondary N) is 1. The third-order valence-corrected chi connectivity index (χ3v) is 5.38. The molecule has 0 saturated heterocycles. The molecule has 0 spiro atoms. The molecule has 5 heteroatoms. The summed E-state index contributed by atoms with van der Waals surface area (Å²) in [4.78, 5) is 0. The van der Waals surface area contributed by atoms with Gasteiger partial charge in [0.25, 0.3) is 0 Å². The molecule has 0 bridgehead atoms. The molecule has 0 aliphatic carbocycles. The first-order chi connectivity index (χ1) is 17.1. The zero-order chi connectivity index (χ0) is 24.5. The van der Waals surface area contributed by atoms with Gasteiger partial charge in [-0.15, -0.1) is 6.58 Å². The molecule has 0 atom stereocenters. The van der Waals surface area contributed by atoms with E-state index in [-0.39, 0.29) is 12.4 Å². The fraction of sp³-hybridized carbons (Fsp3) is 0.133. The van der Waals surface area contributed by atoms with Crippen LogP contribution in [0.3, 0.4) is 0 Å². The van der Waals surface area contributed by atoms with Crippen molar-refractivity contribution in [2.45, 2.75) is 19.6 Å². The number of allylic oxidation sites excluding steroid dienone is 1. The maximum absolute atomic E-state index is 13.5. The second kappa shape index (κ2) is 11.7. The van der Waals surface area contributed by atoms with E-state index in [2.05, 4.69) is 18.0 Å². The van der Waals surface area contributed by atoms with Crippen LogP contribution in [0.25, 0.3) is 0 Å². The summed E-state index contributed by atoms with van der Waals surface area (Å²) < 4.78 is 31.1. The minimum atomic E-state index is -0.287. The normalized spacial score (nSPS) is 10.5. The molecule has 35 heavy (non-hydrogen) atoms. The quantitative estimate of drug-likeness (QED) is 0.230.